The van der Waals surface area contributed by atoms with Gasteiger partial charge in [-0.15, -0.1) is 0 Å². The normalized spacial score (nSPS) is 12.8. The molecule has 7 nitrogen and oxygen atoms in total. The van der Waals surface area contributed by atoms with Crippen molar-refractivity contribution in [1.82, 2.24) is 0 Å². The zero-order valence-electron chi connectivity index (χ0n) is 18.9. The van der Waals surface area contributed by atoms with Gasteiger partial charge in [0.25, 0.3) is 10.1 Å². The van der Waals surface area contributed by atoms with Gasteiger partial charge in [-0.3, -0.25) is 14.1 Å². The van der Waals surface area contributed by atoms with Crippen molar-refractivity contribution in [3.8, 4) is 0 Å². The Labute approximate surface area is 240 Å². The van der Waals surface area contributed by atoms with Gasteiger partial charge in [-0.2, -0.15) is 8.42 Å². The van der Waals surface area contributed by atoms with Crippen LogP contribution in [0.1, 0.15) is 117 Å². The average Bonchev–Trinajstić information content (AvgIpc) is 2.66. The molecule has 0 bridgehead atoms. The summed E-state index contributed by atoms with van der Waals surface area (Å²) in [5.41, 5.74) is 5.02. The number of nitrogens with two attached hydrogens (primary N) is 1. The fourth-order valence-electron chi connectivity index (χ4n) is 3.48. The van der Waals surface area contributed by atoms with Crippen molar-refractivity contribution in [1.29, 1.82) is 0 Å². The Morgan fingerprint density at radius 3 is 1.50 bits per heavy atom. The molecular weight excluding hydrogens is 452 g/mol. The van der Waals surface area contributed by atoms with Crippen LogP contribution >= 0.6 is 0 Å². The van der Waals surface area contributed by atoms with Crippen molar-refractivity contribution in [2.24, 2.45) is 5.73 Å². The summed E-state index contributed by atoms with van der Waals surface area (Å²) in [5, 5.41) is -1.95. The predicted molar refractivity (Wildman–Crippen MR) is 134 cm³/mol. The summed E-state index contributed by atoms with van der Waals surface area (Å²) < 4.78 is 37.7. The van der Waals surface area contributed by atoms with Crippen LogP contribution in [0.5, 0.6) is 0 Å². The monoisotopic (exact) mass is 497 g/mol. The minimum atomic E-state index is -4.75. The molecule has 3 N–H and O–H groups in total. The first kappa shape index (κ1) is 37.4. The molecule has 0 rings (SSSR count). The number of amides is 1. The average molecular weight is 498 g/mol. The van der Waals surface area contributed by atoms with Crippen LogP contribution < -0.4 is 5.73 Å². The summed E-state index contributed by atoms with van der Waals surface area (Å²) in [6.45, 7) is 4.34. The number of unbranched alkanes of at least 4 members (excludes halogenated alkanes) is 11. The molecular formula is C22H45NNa2O6S. The molecule has 0 aliphatic heterocycles. The van der Waals surface area contributed by atoms with Gasteiger partial charge >= 0.3 is 65.1 Å². The number of hydrogen-bond donors (Lipinski definition) is 2. The molecule has 0 aromatic carbocycles. The summed E-state index contributed by atoms with van der Waals surface area (Å²) in [6.07, 6.45) is 14.7. The van der Waals surface area contributed by atoms with E-state index in [0.29, 0.717) is 12.8 Å². The maximum atomic E-state index is 12.3. The minimum absolute atomic E-state index is 0. The number of esters is 1. The molecule has 2 atom stereocenters. The standard InChI is InChI=1S/C22H43NO6S.2Na.2H/c1-3-5-7-9-11-13-15-17-19(16-14-12-10-8-6-4-2)29-22(25)20(18-21(23)24)30(26,27)28;;;;/h19-20H,3-18H2,1-2H3,(H2,23,24)(H,26,27,28);;;;. The van der Waals surface area contributed by atoms with Crippen molar-refractivity contribution in [2.45, 2.75) is 128 Å². The van der Waals surface area contributed by atoms with E-state index in [9.17, 15) is 22.6 Å². The Kier molecular flexibility index (Phi) is 27.6. The van der Waals surface area contributed by atoms with Crippen LogP contribution in [-0.2, 0) is 24.4 Å². The van der Waals surface area contributed by atoms with Gasteiger partial charge < -0.3 is 10.5 Å². The second kappa shape index (κ2) is 23.6. The van der Waals surface area contributed by atoms with E-state index in [-0.39, 0.29) is 59.1 Å². The zero-order valence-corrected chi connectivity index (χ0v) is 19.8. The van der Waals surface area contributed by atoms with Crippen LogP contribution in [0.4, 0.5) is 0 Å². The molecule has 0 heterocycles. The van der Waals surface area contributed by atoms with E-state index >= 15 is 0 Å². The molecule has 1 amide bonds. The van der Waals surface area contributed by atoms with E-state index in [4.69, 9.17) is 10.5 Å². The number of hydrogen-bond acceptors (Lipinski definition) is 5. The summed E-state index contributed by atoms with van der Waals surface area (Å²) in [7, 11) is -4.75. The zero-order chi connectivity index (χ0) is 22.8. The third-order valence-corrected chi connectivity index (χ3v) is 6.38. The number of rotatable bonds is 20. The van der Waals surface area contributed by atoms with E-state index < -0.39 is 39.8 Å². The first-order valence-corrected chi connectivity index (χ1v) is 13.2. The first-order valence-electron chi connectivity index (χ1n) is 11.7. The van der Waals surface area contributed by atoms with Gasteiger partial charge in [0.15, 0.2) is 5.25 Å². The molecule has 32 heavy (non-hydrogen) atoms. The Morgan fingerprint density at radius 2 is 1.16 bits per heavy atom. The fraction of sp³-hybridized carbons (Fsp3) is 0.909. The van der Waals surface area contributed by atoms with Crippen molar-refractivity contribution in [2.75, 3.05) is 0 Å². The van der Waals surface area contributed by atoms with E-state index in [1.54, 1.807) is 0 Å². The van der Waals surface area contributed by atoms with Crippen LogP contribution in [0.25, 0.3) is 0 Å². The molecule has 0 spiro atoms. The van der Waals surface area contributed by atoms with Crippen LogP contribution in [0.15, 0.2) is 0 Å². The van der Waals surface area contributed by atoms with Crippen LogP contribution in [0, 0.1) is 0 Å². The summed E-state index contributed by atoms with van der Waals surface area (Å²) in [4.78, 5) is 23.4. The summed E-state index contributed by atoms with van der Waals surface area (Å²) in [6, 6.07) is 0. The van der Waals surface area contributed by atoms with Gasteiger partial charge in [0.1, 0.15) is 6.10 Å². The second-order valence-corrected chi connectivity index (χ2v) is 9.80. The van der Waals surface area contributed by atoms with E-state index in [1.807, 2.05) is 0 Å². The predicted octanol–water partition coefficient (Wildman–Crippen LogP) is 3.62. The molecule has 0 radical (unpaired) electrons. The number of carbonyl (C=O) groups excluding carboxylic acids is 2. The number of primary amides is 1. The SMILES string of the molecule is CCCCCCCCCC(CCCCCCCC)OC(=O)C(CC(N)=O)S(=O)(=O)O.[NaH].[NaH]. The Balaban J connectivity index is -0.00000420. The maximum absolute atomic E-state index is 12.3. The molecule has 0 aliphatic carbocycles. The number of carbonyl (C=O) groups is 2. The van der Waals surface area contributed by atoms with Crippen LogP contribution in [0.2, 0.25) is 0 Å². The molecule has 0 aromatic rings. The van der Waals surface area contributed by atoms with Crippen molar-refractivity contribution >= 4 is 81.1 Å². The van der Waals surface area contributed by atoms with Gasteiger partial charge in [0.05, 0.1) is 6.42 Å². The molecule has 2 unspecified atom stereocenters. The molecule has 0 saturated carbocycles. The molecule has 10 heteroatoms. The van der Waals surface area contributed by atoms with Gasteiger partial charge in [0, 0.05) is 0 Å². The summed E-state index contributed by atoms with van der Waals surface area (Å²) >= 11 is 0. The van der Waals surface area contributed by atoms with Gasteiger partial charge in [-0.05, 0) is 25.7 Å². The first-order chi connectivity index (χ1) is 14.2. The van der Waals surface area contributed by atoms with E-state index in [2.05, 4.69) is 13.8 Å². The molecule has 182 valence electrons. The van der Waals surface area contributed by atoms with Crippen LogP contribution in [-0.4, -0.2) is 95.3 Å². The number of ether oxygens (including phenoxy) is 1. The van der Waals surface area contributed by atoms with E-state index in [0.717, 1.165) is 38.5 Å². The Hall–Kier alpha value is 0.850. The second-order valence-electron chi connectivity index (χ2n) is 8.20. The topological polar surface area (TPSA) is 124 Å². The van der Waals surface area contributed by atoms with Gasteiger partial charge in [0.2, 0.25) is 5.91 Å². The summed E-state index contributed by atoms with van der Waals surface area (Å²) in [5.74, 6) is -2.07. The quantitative estimate of drug-likeness (QED) is 0.115. The third kappa shape index (κ3) is 21.4. The van der Waals surface area contributed by atoms with E-state index in [1.165, 1.54) is 44.9 Å². The molecule has 0 saturated heterocycles. The van der Waals surface area contributed by atoms with Gasteiger partial charge in [-0.25, -0.2) is 0 Å². The molecule has 0 fully saturated rings. The van der Waals surface area contributed by atoms with Crippen LogP contribution in [0.3, 0.4) is 0 Å². The van der Waals surface area contributed by atoms with Crippen molar-refractivity contribution in [3.05, 3.63) is 0 Å². The third-order valence-electron chi connectivity index (χ3n) is 5.30. The van der Waals surface area contributed by atoms with Gasteiger partial charge in [-0.1, -0.05) is 84.5 Å². The Morgan fingerprint density at radius 1 is 0.781 bits per heavy atom. The molecule has 0 aromatic heterocycles. The van der Waals surface area contributed by atoms with Crippen molar-refractivity contribution < 1.29 is 27.3 Å². The fourth-order valence-corrected chi connectivity index (χ4v) is 4.15. The Bertz CT molecular complexity index is 575. The molecule has 0 aliphatic rings. The van der Waals surface area contributed by atoms with Crippen molar-refractivity contribution in [3.63, 3.8) is 0 Å².